The normalized spacial score (nSPS) is 14.7. The number of hydrogen-bond acceptors (Lipinski definition) is 7. The lowest BCUT2D eigenvalue weighted by atomic mass is 10.1. The van der Waals surface area contributed by atoms with Gasteiger partial charge in [0.2, 0.25) is 5.91 Å². The molecule has 0 aromatic heterocycles. The maximum atomic E-state index is 12.7. The number of rotatable bonds is 8. The highest BCUT2D eigenvalue weighted by Gasteiger charge is 2.25. The van der Waals surface area contributed by atoms with Crippen LogP contribution in [0.25, 0.3) is 0 Å². The molecule has 13 heteroatoms. The van der Waals surface area contributed by atoms with Crippen molar-refractivity contribution >= 4 is 52.8 Å². The van der Waals surface area contributed by atoms with Crippen molar-refractivity contribution in [3.05, 3.63) is 27.7 Å². The molecule has 1 fully saturated rings. The second kappa shape index (κ2) is 12.1. The zero-order valence-electron chi connectivity index (χ0n) is 19.1. The van der Waals surface area contributed by atoms with Crippen molar-refractivity contribution in [1.29, 1.82) is 0 Å². The van der Waals surface area contributed by atoms with E-state index in [1.54, 1.807) is 32.9 Å². The van der Waals surface area contributed by atoms with Crippen molar-refractivity contribution < 1.29 is 33.8 Å². The first kappa shape index (κ1) is 27.5. The number of morpholine rings is 1. The van der Waals surface area contributed by atoms with Crippen molar-refractivity contribution in [1.82, 2.24) is 16.0 Å². The summed E-state index contributed by atoms with van der Waals surface area (Å²) < 4.78 is 10.3. The Labute approximate surface area is 207 Å². The molecule has 1 aromatic rings. The van der Waals surface area contributed by atoms with E-state index in [0.717, 1.165) is 5.69 Å². The molecule has 2 rings (SSSR count). The molecule has 0 saturated carbocycles. The molecule has 3 amide bonds. The quantitative estimate of drug-likeness (QED) is 0.406. The molecular formula is C21H28Cl2N4O7. The first-order valence-corrected chi connectivity index (χ1v) is 11.2. The third-order valence-corrected chi connectivity index (χ3v) is 5.13. The van der Waals surface area contributed by atoms with Gasteiger partial charge >= 0.3 is 12.1 Å². The molecule has 34 heavy (non-hydrogen) atoms. The van der Waals surface area contributed by atoms with E-state index in [-0.39, 0.29) is 15.6 Å². The van der Waals surface area contributed by atoms with Gasteiger partial charge in [0.15, 0.2) is 0 Å². The van der Waals surface area contributed by atoms with Gasteiger partial charge in [-0.3, -0.25) is 9.59 Å². The van der Waals surface area contributed by atoms with E-state index < -0.39 is 48.6 Å². The Balaban J connectivity index is 1.96. The van der Waals surface area contributed by atoms with E-state index in [4.69, 9.17) is 32.7 Å². The van der Waals surface area contributed by atoms with Gasteiger partial charge in [-0.05, 0) is 32.9 Å². The van der Waals surface area contributed by atoms with Crippen molar-refractivity contribution in [3.8, 4) is 0 Å². The van der Waals surface area contributed by atoms with E-state index in [2.05, 4.69) is 16.0 Å². The van der Waals surface area contributed by atoms with Gasteiger partial charge in [0.05, 0.1) is 35.4 Å². The number of amides is 3. The summed E-state index contributed by atoms with van der Waals surface area (Å²) in [4.78, 5) is 49.9. The summed E-state index contributed by atoms with van der Waals surface area (Å²) in [6.45, 7) is 6.52. The SMILES string of the molecule is CC(C)(C)OC(=O)NCC(=O)NCC(NC(=O)c1c(Cl)cc(N2CCOCC2)cc1Cl)C(=O)O. The zero-order chi connectivity index (χ0) is 25.5. The van der Waals surface area contributed by atoms with Crippen molar-refractivity contribution in [3.63, 3.8) is 0 Å². The molecule has 1 saturated heterocycles. The number of nitrogens with one attached hydrogen (secondary N) is 3. The van der Waals surface area contributed by atoms with E-state index in [0.29, 0.717) is 26.3 Å². The van der Waals surface area contributed by atoms with Gasteiger partial charge in [0.1, 0.15) is 11.6 Å². The summed E-state index contributed by atoms with van der Waals surface area (Å²) in [6, 6.07) is 1.69. The Hall–Kier alpha value is -2.76. The second-order valence-electron chi connectivity index (χ2n) is 8.41. The van der Waals surface area contributed by atoms with Crippen LogP contribution >= 0.6 is 23.2 Å². The topological polar surface area (TPSA) is 146 Å². The van der Waals surface area contributed by atoms with Crippen LogP contribution in [0.2, 0.25) is 10.0 Å². The van der Waals surface area contributed by atoms with E-state index in [1.165, 1.54) is 0 Å². The van der Waals surface area contributed by atoms with Crippen molar-refractivity contribution in [2.24, 2.45) is 0 Å². The number of alkyl carbamates (subject to hydrolysis) is 1. The minimum absolute atomic E-state index is 0.0567. The van der Waals surface area contributed by atoms with Gasteiger partial charge < -0.3 is 35.4 Å². The molecule has 1 atom stereocenters. The number of carboxylic acid groups (broad SMARTS) is 1. The zero-order valence-corrected chi connectivity index (χ0v) is 20.6. The molecule has 0 aliphatic carbocycles. The molecule has 4 N–H and O–H groups in total. The number of carboxylic acids is 1. The smallest absolute Gasteiger partial charge is 0.408 e. The van der Waals surface area contributed by atoms with E-state index in [9.17, 15) is 24.3 Å². The van der Waals surface area contributed by atoms with Crippen molar-refractivity contribution in [2.75, 3.05) is 44.3 Å². The van der Waals surface area contributed by atoms with E-state index >= 15 is 0 Å². The van der Waals surface area contributed by atoms with Crippen LogP contribution < -0.4 is 20.9 Å². The number of carbonyl (C=O) groups excluding carboxylic acids is 3. The van der Waals surface area contributed by atoms with Gasteiger partial charge in [-0.15, -0.1) is 0 Å². The van der Waals surface area contributed by atoms with Gasteiger partial charge in [-0.25, -0.2) is 9.59 Å². The Morgan fingerprint density at radius 1 is 1.12 bits per heavy atom. The summed E-state index contributed by atoms with van der Waals surface area (Å²) in [6.07, 6.45) is -0.796. The summed E-state index contributed by atoms with van der Waals surface area (Å²) in [5.41, 5.74) is -0.0961. The highest BCUT2D eigenvalue weighted by Crippen LogP contribution is 2.31. The number of nitrogens with zero attached hydrogens (tertiary/aromatic N) is 1. The van der Waals surface area contributed by atoms with Crippen LogP contribution in [0.3, 0.4) is 0 Å². The van der Waals surface area contributed by atoms with Crippen molar-refractivity contribution in [2.45, 2.75) is 32.4 Å². The van der Waals surface area contributed by atoms with Crippen LogP contribution in [0.5, 0.6) is 0 Å². The average molecular weight is 519 g/mol. The third-order valence-electron chi connectivity index (χ3n) is 4.53. The summed E-state index contributed by atoms with van der Waals surface area (Å²) >= 11 is 12.6. The molecule has 1 aliphatic heterocycles. The summed E-state index contributed by atoms with van der Waals surface area (Å²) in [5.74, 6) is -2.86. The molecule has 11 nitrogen and oxygen atoms in total. The predicted octanol–water partition coefficient (Wildman–Crippen LogP) is 1.65. The molecular weight excluding hydrogens is 491 g/mol. The molecule has 0 radical (unpaired) electrons. The van der Waals surface area contributed by atoms with Gasteiger partial charge in [0.25, 0.3) is 5.91 Å². The number of carbonyl (C=O) groups is 4. The predicted molar refractivity (Wildman–Crippen MR) is 126 cm³/mol. The maximum Gasteiger partial charge on any atom is 0.408 e. The van der Waals surface area contributed by atoms with Crippen LogP contribution in [0.1, 0.15) is 31.1 Å². The average Bonchev–Trinajstić information content (AvgIpc) is 2.73. The number of anilines is 1. The minimum atomic E-state index is -1.47. The molecule has 0 spiro atoms. The number of benzene rings is 1. The van der Waals surface area contributed by atoms with Crippen LogP contribution in [-0.4, -0.2) is 80.0 Å². The highest BCUT2D eigenvalue weighted by atomic mass is 35.5. The number of halogens is 2. The number of hydrogen-bond donors (Lipinski definition) is 4. The maximum absolute atomic E-state index is 12.7. The monoisotopic (exact) mass is 518 g/mol. The fraction of sp³-hybridized carbons (Fsp3) is 0.524. The fourth-order valence-electron chi connectivity index (χ4n) is 2.96. The lowest BCUT2D eigenvalue weighted by molar-refractivity contribution is -0.139. The second-order valence-corrected chi connectivity index (χ2v) is 9.22. The molecule has 1 aliphatic rings. The first-order chi connectivity index (χ1) is 15.9. The summed E-state index contributed by atoms with van der Waals surface area (Å²) in [5, 5.41) is 16.4. The first-order valence-electron chi connectivity index (χ1n) is 10.5. The third kappa shape index (κ3) is 8.54. The van der Waals surface area contributed by atoms with E-state index in [1.807, 2.05) is 4.90 Å². The molecule has 188 valence electrons. The molecule has 1 aromatic carbocycles. The fourth-order valence-corrected chi connectivity index (χ4v) is 3.60. The summed E-state index contributed by atoms with van der Waals surface area (Å²) in [7, 11) is 0. The van der Waals surface area contributed by atoms with Crippen LogP contribution in [0.15, 0.2) is 12.1 Å². The number of ether oxygens (including phenoxy) is 2. The van der Waals surface area contributed by atoms with Crippen LogP contribution in [-0.2, 0) is 19.1 Å². The Bertz CT molecular complexity index is 907. The molecule has 0 bridgehead atoms. The molecule has 1 unspecified atom stereocenters. The highest BCUT2D eigenvalue weighted by molar-refractivity contribution is 6.40. The van der Waals surface area contributed by atoms with Gasteiger partial charge in [-0.2, -0.15) is 0 Å². The number of aliphatic carboxylic acids is 1. The standard InChI is InChI=1S/C21H28Cl2N4O7/c1-21(2,3)34-20(32)25-11-16(28)24-10-15(19(30)31)26-18(29)17-13(22)8-12(9-14(17)23)27-4-6-33-7-5-27/h8-9,15H,4-7,10-11H2,1-3H3,(H,24,28)(H,25,32)(H,26,29)(H,30,31). The lowest BCUT2D eigenvalue weighted by Crippen LogP contribution is -2.50. The Kier molecular flexibility index (Phi) is 9.77. The largest absolute Gasteiger partial charge is 0.480 e. The Morgan fingerprint density at radius 2 is 1.71 bits per heavy atom. The Morgan fingerprint density at radius 3 is 2.24 bits per heavy atom. The van der Waals surface area contributed by atoms with Crippen LogP contribution in [0, 0.1) is 0 Å². The lowest BCUT2D eigenvalue weighted by Gasteiger charge is -2.29. The van der Waals surface area contributed by atoms with Gasteiger partial charge in [0, 0.05) is 25.3 Å². The van der Waals surface area contributed by atoms with Crippen LogP contribution in [0.4, 0.5) is 10.5 Å². The molecule has 1 heterocycles. The van der Waals surface area contributed by atoms with Gasteiger partial charge in [-0.1, -0.05) is 23.2 Å². The minimum Gasteiger partial charge on any atom is -0.480 e.